The molecule has 3 aromatic carbocycles. The number of nitrogens with zero attached hydrogens (tertiary/aromatic N) is 2. The highest BCUT2D eigenvalue weighted by molar-refractivity contribution is 5.95. The molecule has 0 radical (unpaired) electrons. The van der Waals surface area contributed by atoms with Gasteiger partial charge in [-0.1, -0.05) is 36.4 Å². The van der Waals surface area contributed by atoms with Crippen molar-refractivity contribution in [3.05, 3.63) is 95.6 Å². The van der Waals surface area contributed by atoms with Gasteiger partial charge in [0.25, 0.3) is 0 Å². The molecule has 0 aromatic heterocycles. The van der Waals surface area contributed by atoms with E-state index in [1.807, 2.05) is 30.3 Å². The number of halogens is 2. The minimum Gasteiger partial charge on any atom is -0.326 e. The molecule has 4 rings (SSSR count). The predicted molar refractivity (Wildman–Crippen MR) is 119 cm³/mol. The quantitative estimate of drug-likeness (QED) is 0.594. The van der Waals surface area contributed by atoms with Crippen molar-refractivity contribution in [2.45, 2.75) is 19.4 Å². The maximum Gasteiger partial charge on any atom is 0.324 e. The molecule has 0 atom stereocenters. The van der Waals surface area contributed by atoms with Crippen LogP contribution in [-0.4, -0.2) is 29.9 Å². The van der Waals surface area contributed by atoms with Gasteiger partial charge in [-0.15, -0.1) is 0 Å². The highest BCUT2D eigenvalue weighted by atomic mass is 19.1. The van der Waals surface area contributed by atoms with Gasteiger partial charge in [-0.25, -0.2) is 13.6 Å². The maximum absolute atomic E-state index is 14.0. The fraction of sp³-hybridized carbons (Fsp3) is 0.200. The first kappa shape index (κ1) is 21.5. The fourth-order valence-electron chi connectivity index (χ4n) is 3.78. The van der Waals surface area contributed by atoms with Crippen LogP contribution in [0.25, 0.3) is 0 Å². The third-order valence-corrected chi connectivity index (χ3v) is 5.33. The fourth-order valence-corrected chi connectivity index (χ4v) is 3.78. The molecule has 0 unspecified atom stereocenters. The molecule has 1 saturated heterocycles. The van der Waals surface area contributed by atoms with Crippen LogP contribution < -0.4 is 10.2 Å². The third-order valence-electron chi connectivity index (χ3n) is 5.33. The summed E-state index contributed by atoms with van der Waals surface area (Å²) >= 11 is 0. The highest BCUT2D eigenvalue weighted by Gasteiger charge is 2.27. The number of hydrogen-bond acceptors (Lipinski definition) is 2. The van der Waals surface area contributed by atoms with E-state index in [2.05, 4.69) is 5.32 Å². The standard InChI is InChI=1S/C25H23F2N3O2/c26-20-10-11-23(27)19(15-20)17-29-12-5-13-30(25(29)32)22-9-4-8-21(16-22)28-24(31)14-18-6-2-1-3-7-18/h1-4,6-11,15-16H,5,12-14,17H2,(H,28,31). The van der Waals surface area contributed by atoms with Gasteiger partial charge in [0.15, 0.2) is 0 Å². The average molecular weight is 435 g/mol. The molecular weight excluding hydrogens is 412 g/mol. The molecule has 164 valence electrons. The third kappa shape index (κ3) is 5.11. The molecule has 1 fully saturated rings. The molecule has 0 spiro atoms. The van der Waals surface area contributed by atoms with Crippen LogP contribution in [0.2, 0.25) is 0 Å². The first-order valence-corrected chi connectivity index (χ1v) is 10.4. The first-order chi connectivity index (χ1) is 15.5. The van der Waals surface area contributed by atoms with Crippen molar-refractivity contribution in [3.8, 4) is 0 Å². The summed E-state index contributed by atoms with van der Waals surface area (Å²) < 4.78 is 27.6. The molecule has 3 aromatic rings. The Kier molecular flexibility index (Phi) is 6.44. The molecule has 1 aliphatic heterocycles. The van der Waals surface area contributed by atoms with Crippen molar-refractivity contribution in [1.82, 2.24) is 4.90 Å². The second-order valence-electron chi connectivity index (χ2n) is 7.71. The lowest BCUT2D eigenvalue weighted by molar-refractivity contribution is -0.115. The van der Waals surface area contributed by atoms with Crippen LogP contribution in [0.1, 0.15) is 17.5 Å². The summed E-state index contributed by atoms with van der Waals surface area (Å²) in [6.07, 6.45) is 0.938. The van der Waals surface area contributed by atoms with Crippen molar-refractivity contribution < 1.29 is 18.4 Å². The summed E-state index contributed by atoms with van der Waals surface area (Å²) in [5.74, 6) is -1.23. The van der Waals surface area contributed by atoms with Gasteiger partial charge >= 0.3 is 6.03 Å². The van der Waals surface area contributed by atoms with E-state index in [1.165, 1.54) is 4.90 Å². The Morgan fingerprint density at radius 3 is 2.56 bits per heavy atom. The number of anilines is 2. The lowest BCUT2D eigenvalue weighted by Gasteiger charge is -2.36. The molecule has 32 heavy (non-hydrogen) atoms. The summed E-state index contributed by atoms with van der Waals surface area (Å²) in [4.78, 5) is 28.5. The lowest BCUT2D eigenvalue weighted by atomic mass is 10.1. The molecule has 5 nitrogen and oxygen atoms in total. The first-order valence-electron chi connectivity index (χ1n) is 10.4. The van der Waals surface area contributed by atoms with Crippen molar-refractivity contribution >= 4 is 23.3 Å². The Hall–Kier alpha value is -3.74. The zero-order valence-electron chi connectivity index (χ0n) is 17.4. The Labute approximate surface area is 185 Å². The van der Waals surface area contributed by atoms with E-state index in [0.29, 0.717) is 30.9 Å². The van der Waals surface area contributed by atoms with E-state index in [0.717, 1.165) is 23.8 Å². The van der Waals surface area contributed by atoms with E-state index < -0.39 is 11.6 Å². The van der Waals surface area contributed by atoms with Gasteiger partial charge in [-0.2, -0.15) is 0 Å². The van der Waals surface area contributed by atoms with Crippen molar-refractivity contribution in [3.63, 3.8) is 0 Å². The zero-order chi connectivity index (χ0) is 22.5. The lowest BCUT2D eigenvalue weighted by Crippen LogP contribution is -2.49. The molecule has 0 saturated carbocycles. The van der Waals surface area contributed by atoms with E-state index >= 15 is 0 Å². The Morgan fingerprint density at radius 1 is 0.938 bits per heavy atom. The van der Waals surface area contributed by atoms with Gasteiger partial charge in [-0.05, 0) is 48.4 Å². The van der Waals surface area contributed by atoms with Crippen LogP contribution in [0, 0.1) is 11.6 Å². The Bertz CT molecular complexity index is 1120. The zero-order valence-corrected chi connectivity index (χ0v) is 17.4. The van der Waals surface area contributed by atoms with Gasteiger partial charge in [0.1, 0.15) is 11.6 Å². The second kappa shape index (κ2) is 9.60. The van der Waals surface area contributed by atoms with E-state index in [9.17, 15) is 18.4 Å². The molecular formula is C25H23F2N3O2. The Balaban J connectivity index is 1.45. The summed E-state index contributed by atoms with van der Waals surface area (Å²) in [5, 5.41) is 2.87. The maximum atomic E-state index is 14.0. The second-order valence-corrected chi connectivity index (χ2v) is 7.71. The predicted octanol–water partition coefficient (Wildman–Crippen LogP) is 4.98. The van der Waals surface area contributed by atoms with Gasteiger partial charge in [0.05, 0.1) is 13.0 Å². The van der Waals surface area contributed by atoms with E-state index in [1.54, 1.807) is 29.2 Å². The summed E-state index contributed by atoms with van der Waals surface area (Å²) in [5.41, 5.74) is 2.27. The SMILES string of the molecule is O=C(Cc1ccccc1)Nc1cccc(N2CCCN(Cc3cc(F)ccc3F)C2=O)c1. The number of benzene rings is 3. The monoisotopic (exact) mass is 435 g/mol. The normalized spacial score (nSPS) is 13.9. The highest BCUT2D eigenvalue weighted by Crippen LogP contribution is 2.25. The number of hydrogen-bond donors (Lipinski definition) is 1. The largest absolute Gasteiger partial charge is 0.326 e. The molecule has 0 aliphatic carbocycles. The van der Waals surface area contributed by atoms with Crippen LogP contribution in [0.15, 0.2) is 72.8 Å². The van der Waals surface area contributed by atoms with Crippen LogP contribution in [0.3, 0.4) is 0 Å². The number of amides is 3. The number of rotatable bonds is 6. The smallest absolute Gasteiger partial charge is 0.324 e. The summed E-state index contributed by atoms with van der Waals surface area (Å²) in [6, 6.07) is 19.5. The van der Waals surface area contributed by atoms with Gasteiger partial charge in [-0.3, -0.25) is 9.69 Å². The van der Waals surface area contributed by atoms with Crippen LogP contribution in [-0.2, 0) is 17.8 Å². The van der Waals surface area contributed by atoms with Gasteiger partial charge in [0.2, 0.25) is 5.91 Å². The van der Waals surface area contributed by atoms with Gasteiger partial charge in [0, 0.05) is 30.0 Å². The molecule has 1 aliphatic rings. The number of nitrogens with one attached hydrogen (secondary N) is 1. The van der Waals surface area contributed by atoms with E-state index in [4.69, 9.17) is 0 Å². The number of carbonyl (C=O) groups is 2. The molecule has 1 N–H and O–H groups in total. The minimum atomic E-state index is -0.542. The molecule has 7 heteroatoms. The van der Waals surface area contributed by atoms with Crippen LogP contribution >= 0.6 is 0 Å². The topological polar surface area (TPSA) is 52.7 Å². The van der Waals surface area contributed by atoms with Gasteiger partial charge < -0.3 is 10.2 Å². The molecule has 0 bridgehead atoms. The Morgan fingerprint density at radius 2 is 1.75 bits per heavy atom. The van der Waals surface area contributed by atoms with Crippen molar-refractivity contribution in [2.75, 3.05) is 23.3 Å². The van der Waals surface area contributed by atoms with Crippen molar-refractivity contribution in [2.24, 2.45) is 0 Å². The minimum absolute atomic E-state index is 0.00751. The number of urea groups is 1. The van der Waals surface area contributed by atoms with Crippen LogP contribution in [0.5, 0.6) is 0 Å². The van der Waals surface area contributed by atoms with Crippen LogP contribution in [0.4, 0.5) is 25.0 Å². The average Bonchev–Trinajstić information content (AvgIpc) is 2.78. The summed E-state index contributed by atoms with van der Waals surface area (Å²) in [7, 11) is 0. The van der Waals surface area contributed by atoms with Crippen molar-refractivity contribution in [1.29, 1.82) is 0 Å². The van der Waals surface area contributed by atoms with E-state index in [-0.39, 0.29) is 30.5 Å². The molecule has 1 heterocycles. The summed E-state index contributed by atoms with van der Waals surface area (Å²) in [6.45, 7) is 0.952. The number of carbonyl (C=O) groups excluding carboxylic acids is 2. The molecule has 3 amide bonds.